The lowest BCUT2D eigenvalue weighted by molar-refractivity contribution is -0.137. The number of amides is 1. The molecule has 0 fully saturated rings. The van der Waals surface area contributed by atoms with Crippen molar-refractivity contribution in [2.45, 2.75) is 11.8 Å². The molecule has 10 heteroatoms. The number of halogens is 1. The van der Waals surface area contributed by atoms with Crippen molar-refractivity contribution >= 4 is 39.2 Å². The van der Waals surface area contributed by atoms with Crippen LogP contribution in [0.15, 0.2) is 17.0 Å². The van der Waals surface area contributed by atoms with Crippen LogP contribution in [0.2, 0.25) is 5.02 Å². The van der Waals surface area contributed by atoms with Gasteiger partial charge in [-0.25, -0.2) is 8.42 Å². The predicted molar refractivity (Wildman–Crippen MR) is 79.8 cm³/mol. The highest BCUT2D eigenvalue weighted by molar-refractivity contribution is 7.89. The summed E-state index contributed by atoms with van der Waals surface area (Å²) in [5.41, 5.74) is 0.186. The SMILES string of the molecule is COc1cc(NC(C)=O)c(Cl)cc1S(=O)(=O)N(C)CC(=O)O. The molecular formula is C12H15ClN2O6S. The van der Waals surface area contributed by atoms with Gasteiger partial charge in [-0.05, 0) is 6.07 Å². The summed E-state index contributed by atoms with van der Waals surface area (Å²) < 4.78 is 30.4. The Hall–Kier alpha value is -1.84. The van der Waals surface area contributed by atoms with Crippen LogP contribution >= 0.6 is 11.6 Å². The number of ether oxygens (including phenoxy) is 1. The number of aliphatic carboxylic acids is 1. The average Bonchev–Trinajstić information content (AvgIpc) is 2.39. The van der Waals surface area contributed by atoms with E-state index in [4.69, 9.17) is 21.4 Å². The Balaban J connectivity index is 3.38. The minimum Gasteiger partial charge on any atom is -0.495 e. The topological polar surface area (TPSA) is 113 Å². The molecule has 0 heterocycles. The van der Waals surface area contributed by atoms with Gasteiger partial charge < -0.3 is 15.2 Å². The van der Waals surface area contributed by atoms with Crippen LogP contribution in [0.5, 0.6) is 5.75 Å². The van der Waals surface area contributed by atoms with Crippen molar-refractivity contribution in [2.75, 3.05) is 26.0 Å². The van der Waals surface area contributed by atoms with Gasteiger partial charge in [0.25, 0.3) is 0 Å². The van der Waals surface area contributed by atoms with Crippen molar-refractivity contribution in [3.8, 4) is 5.75 Å². The van der Waals surface area contributed by atoms with Gasteiger partial charge in [-0.15, -0.1) is 0 Å². The molecule has 8 nitrogen and oxygen atoms in total. The van der Waals surface area contributed by atoms with Crippen molar-refractivity contribution in [3.63, 3.8) is 0 Å². The maximum Gasteiger partial charge on any atom is 0.318 e. The molecule has 0 bridgehead atoms. The van der Waals surface area contributed by atoms with E-state index in [1.54, 1.807) is 0 Å². The third kappa shape index (κ3) is 4.09. The molecule has 0 atom stereocenters. The summed E-state index contributed by atoms with van der Waals surface area (Å²) in [7, 11) is -1.74. The van der Waals surface area contributed by atoms with E-state index in [9.17, 15) is 18.0 Å². The molecule has 0 saturated heterocycles. The van der Waals surface area contributed by atoms with Crippen molar-refractivity contribution in [3.05, 3.63) is 17.2 Å². The fourth-order valence-corrected chi connectivity index (χ4v) is 3.18. The number of carbonyl (C=O) groups is 2. The second-order valence-electron chi connectivity index (χ2n) is 4.32. The number of nitrogens with one attached hydrogen (secondary N) is 1. The van der Waals surface area contributed by atoms with E-state index in [-0.39, 0.29) is 27.3 Å². The summed E-state index contributed by atoms with van der Waals surface area (Å²) in [4.78, 5) is 21.5. The Morgan fingerprint density at radius 1 is 1.41 bits per heavy atom. The zero-order chi connectivity index (χ0) is 17.1. The summed E-state index contributed by atoms with van der Waals surface area (Å²) in [6.45, 7) is 0.560. The fourth-order valence-electron chi connectivity index (χ4n) is 1.63. The molecule has 0 aromatic heterocycles. The molecule has 0 aliphatic rings. The van der Waals surface area contributed by atoms with Gasteiger partial charge >= 0.3 is 5.97 Å². The van der Waals surface area contributed by atoms with E-state index in [2.05, 4.69) is 5.32 Å². The number of methoxy groups -OCH3 is 1. The first kappa shape index (κ1) is 18.2. The molecule has 0 saturated carbocycles. The van der Waals surface area contributed by atoms with E-state index in [0.29, 0.717) is 4.31 Å². The number of likely N-dealkylation sites (N-methyl/N-ethyl adjacent to an activating group) is 1. The van der Waals surface area contributed by atoms with Crippen molar-refractivity contribution < 1.29 is 27.9 Å². The first-order chi connectivity index (χ1) is 10.1. The Kier molecular flexibility index (Phi) is 5.75. The fraction of sp³-hybridized carbons (Fsp3) is 0.333. The molecule has 1 amide bonds. The molecule has 22 heavy (non-hydrogen) atoms. The van der Waals surface area contributed by atoms with Crippen LogP contribution in [0.3, 0.4) is 0 Å². The summed E-state index contributed by atoms with van der Waals surface area (Å²) in [5.74, 6) is -1.75. The van der Waals surface area contributed by atoms with Crippen LogP contribution in [0.4, 0.5) is 5.69 Å². The second kappa shape index (κ2) is 6.95. The van der Waals surface area contributed by atoms with Crippen molar-refractivity contribution in [1.82, 2.24) is 4.31 Å². The molecule has 122 valence electrons. The molecule has 0 spiro atoms. The molecule has 0 aliphatic heterocycles. The zero-order valence-electron chi connectivity index (χ0n) is 12.1. The molecular weight excluding hydrogens is 336 g/mol. The highest BCUT2D eigenvalue weighted by Crippen LogP contribution is 2.34. The van der Waals surface area contributed by atoms with Gasteiger partial charge in [0.2, 0.25) is 15.9 Å². The van der Waals surface area contributed by atoms with Crippen LogP contribution in [0.25, 0.3) is 0 Å². The van der Waals surface area contributed by atoms with Crippen molar-refractivity contribution in [2.24, 2.45) is 0 Å². The number of rotatable bonds is 6. The van der Waals surface area contributed by atoms with Gasteiger partial charge in [0.15, 0.2) is 0 Å². The number of hydrogen-bond donors (Lipinski definition) is 2. The highest BCUT2D eigenvalue weighted by atomic mass is 35.5. The van der Waals surface area contributed by atoms with Crippen LogP contribution < -0.4 is 10.1 Å². The van der Waals surface area contributed by atoms with Crippen LogP contribution in [0, 0.1) is 0 Å². The zero-order valence-corrected chi connectivity index (χ0v) is 13.7. The number of carbonyl (C=O) groups excluding carboxylic acids is 1. The molecule has 1 aromatic carbocycles. The van der Waals surface area contributed by atoms with Gasteiger partial charge in [0.1, 0.15) is 17.2 Å². The smallest absolute Gasteiger partial charge is 0.318 e. The summed E-state index contributed by atoms with van der Waals surface area (Å²) in [5, 5.41) is 11.1. The summed E-state index contributed by atoms with van der Waals surface area (Å²) in [6.07, 6.45) is 0. The Morgan fingerprint density at radius 2 is 2.00 bits per heavy atom. The lowest BCUT2D eigenvalue weighted by Gasteiger charge is -2.18. The van der Waals surface area contributed by atoms with Gasteiger partial charge in [-0.3, -0.25) is 9.59 Å². The van der Waals surface area contributed by atoms with Gasteiger partial charge in [0, 0.05) is 20.0 Å². The van der Waals surface area contributed by atoms with E-state index < -0.39 is 22.5 Å². The Labute approximate surface area is 132 Å². The third-order valence-electron chi connectivity index (χ3n) is 2.61. The first-order valence-corrected chi connectivity index (χ1v) is 7.74. The second-order valence-corrected chi connectivity index (χ2v) is 6.74. The molecule has 1 aromatic rings. The van der Waals surface area contributed by atoms with Crippen LogP contribution in [0.1, 0.15) is 6.92 Å². The quantitative estimate of drug-likeness (QED) is 0.791. The predicted octanol–water partition coefficient (Wildman–Crippen LogP) is 1.01. The maximum atomic E-state index is 12.4. The van der Waals surface area contributed by atoms with Crippen LogP contribution in [-0.4, -0.2) is 50.4 Å². The largest absolute Gasteiger partial charge is 0.495 e. The molecule has 0 unspecified atom stereocenters. The van der Waals surface area contributed by atoms with E-state index in [1.165, 1.54) is 20.1 Å². The Bertz CT molecular complexity index is 704. The number of benzene rings is 1. The van der Waals surface area contributed by atoms with Gasteiger partial charge in [-0.2, -0.15) is 4.31 Å². The number of carboxylic acids is 1. The number of hydrogen-bond acceptors (Lipinski definition) is 5. The number of nitrogens with zero attached hydrogens (tertiary/aromatic N) is 1. The van der Waals surface area contributed by atoms with E-state index >= 15 is 0 Å². The number of sulfonamides is 1. The highest BCUT2D eigenvalue weighted by Gasteiger charge is 2.27. The average molecular weight is 351 g/mol. The van der Waals surface area contributed by atoms with Gasteiger partial charge in [-0.1, -0.05) is 11.6 Å². The summed E-state index contributed by atoms with van der Waals surface area (Å²) >= 11 is 5.95. The van der Waals surface area contributed by atoms with E-state index in [0.717, 1.165) is 13.1 Å². The first-order valence-electron chi connectivity index (χ1n) is 5.92. The lowest BCUT2D eigenvalue weighted by atomic mass is 10.3. The third-order valence-corrected chi connectivity index (χ3v) is 4.75. The number of carboxylic acid groups (broad SMARTS) is 1. The lowest BCUT2D eigenvalue weighted by Crippen LogP contribution is -2.32. The van der Waals surface area contributed by atoms with E-state index in [1.807, 2.05) is 0 Å². The standard InChI is InChI=1S/C12H15ClN2O6S/c1-7(16)14-9-5-10(21-3)11(4-8(9)13)22(19,20)15(2)6-12(17)18/h4-5H,6H2,1-3H3,(H,14,16)(H,17,18). The molecule has 0 radical (unpaired) electrons. The monoisotopic (exact) mass is 350 g/mol. The molecule has 2 N–H and O–H groups in total. The summed E-state index contributed by atoms with van der Waals surface area (Å²) in [6, 6.07) is 2.35. The molecule has 0 aliphatic carbocycles. The number of anilines is 1. The normalized spacial score (nSPS) is 11.3. The van der Waals surface area contributed by atoms with Crippen LogP contribution in [-0.2, 0) is 19.6 Å². The van der Waals surface area contributed by atoms with Gasteiger partial charge in [0.05, 0.1) is 17.8 Å². The van der Waals surface area contributed by atoms with Crippen molar-refractivity contribution in [1.29, 1.82) is 0 Å². The Morgan fingerprint density at radius 3 is 2.45 bits per heavy atom. The maximum absolute atomic E-state index is 12.4. The molecule has 1 rings (SSSR count). The minimum atomic E-state index is -4.11. The minimum absolute atomic E-state index is 0.0155.